The minimum atomic E-state index is -3.65. The van der Waals surface area contributed by atoms with Crippen molar-refractivity contribution >= 4 is 45.0 Å². The number of hydrogen-bond acceptors (Lipinski definition) is 6. The van der Waals surface area contributed by atoms with Gasteiger partial charge in [-0.15, -0.1) is 21.2 Å². The predicted octanol–water partition coefficient (Wildman–Crippen LogP) is 2.33. The molecule has 0 bridgehead atoms. The Bertz CT molecular complexity index is 650. The molecule has 0 spiro atoms. The number of nitrogens with two attached hydrogens (primary N) is 1. The van der Waals surface area contributed by atoms with E-state index >= 15 is 0 Å². The number of nitrogens with one attached hydrogen (secondary N) is 1. The van der Waals surface area contributed by atoms with Crippen molar-refractivity contribution in [2.24, 2.45) is 5.73 Å². The topological polar surface area (TPSA) is 86.5 Å². The Morgan fingerprint density at radius 1 is 1.38 bits per heavy atom. The lowest BCUT2D eigenvalue weighted by atomic mass is 10.3. The predicted molar refractivity (Wildman–Crippen MR) is 75.4 cm³/mol. The summed E-state index contributed by atoms with van der Waals surface area (Å²) in [6.45, 7) is 0.238. The number of fused-ring (bicyclic) bond motifs is 2. The molecule has 6 nitrogen and oxygen atoms in total. The van der Waals surface area contributed by atoms with Gasteiger partial charge in [-0.1, -0.05) is 11.3 Å². The summed E-state index contributed by atoms with van der Waals surface area (Å²) in [5, 5.41) is 2.95. The van der Waals surface area contributed by atoms with Crippen LogP contribution in [0.25, 0.3) is 10.2 Å². The molecular formula is C11H10ClF2N3O3S. The number of hydrogen-bond donors (Lipinski definition) is 2. The van der Waals surface area contributed by atoms with Crippen LogP contribution in [-0.2, 0) is 4.79 Å². The van der Waals surface area contributed by atoms with Crippen molar-refractivity contribution in [2.75, 3.05) is 11.9 Å². The summed E-state index contributed by atoms with van der Waals surface area (Å²) in [6.07, 6.45) is -3.46. The number of thiazole rings is 1. The van der Waals surface area contributed by atoms with Crippen LogP contribution >= 0.6 is 23.7 Å². The van der Waals surface area contributed by atoms with Crippen molar-refractivity contribution in [3.05, 3.63) is 12.1 Å². The van der Waals surface area contributed by atoms with Gasteiger partial charge in [0, 0.05) is 25.1 Å². The van der Waals surface area contributed by atoms with Crippen LogP contribution in [0.5, 0.6) is 11.5 Å². The molecule has 2 heterocycles. The van der Waals surface area contributed by atoms with E-state index in [0.29, 0.717) is 15.3 Å². The smallest absolute Gasteiger partial charge is 0.395 e. The molecule has 10 heteroatoms. The number of halogens is 3. The molecule has 1 aliphatic rings. The second kappa shape index (κ2) is 5.58. The van der Waals surface area contributed by atoms with Crippen LogP contribution in [0.3, 0.4) is 0 Å². The third-order valence-electron chi connectivity index (χ3n) is 2.53. The van der Waals surface area contributed by atoms with Gasteiger partial charge in [-0.05, 0) is 0 Å². The highest BCUT2D eigenvalue weighted by molar-refractivity contribution is 7.22. The number of ether oxygens (including phenoxy) is 2. The van der Waals surface area contributed by atoms with Gasteiger partial charge >= 0.3 is 6.29 Å². The summed E-state index contributed by atoms with van der Waals surface area (Å²) < 4.78 is 35.1. The number of carbonyl (C=O) groups excluding carboxylic acids is 1. The lowest BCUT2D eigenvalue weighted by molar-refractivity contribution is -0.286. The summed E-state index contributed by atoms with van der Waals surface area (Å²) in [5.41, 5.74) is 5.71. The third kappa shape index (κ3) is 3.14. The van der Waals surface area contributed by atoms with Crippen LogP contribution < -0.4 is 20.5 Å². The van der Waals surface area contributed by atoms with Crippen molar-refractivity contribution in [1.29, 1.82) is 0 Å². The molecule has 0 saturated heterocycles. The van der Waals surface area contributed by atoms with Crippen LogP contribution in [0.4, 0.5) is 13.9 Å². The van der Waals surface area contributed by atoms with E-state index in [2.05, 4.69) is 19.8 Å². The SMILES string of the molecule is Cl.NCCC(=O)Nc1nc2cc3c(cc2s1)OC(F)(F)O3. The monoisotopic (exact) mass is 337 g/mol. The van der Waals surface area contributed by atoms with E-state index < -0.39 is 6.29 Å². The van der Waals surface area contributed by atoms with E-state index in [1.54, 1.807) is 0 Å². The lowest BCUT2D eigenvalue weighted by Gasteiger charge is -2.04. The average Bonchev–Trinajstić information content (AvgIpc) is 2.82. The quantitative estimate of drug-likeness (QED) is 0.897. The van der Waals surface area contributed by atoms with E-state index in [4.69, 9.17) is 5.73 Å². The molecule has 0 unspecified atom stereocenters. The summed E-state index contributed by atoms with van der Waals surface area (Å²) in [6, 6.07) is 2.75. The molecule has 114 valence electrons. The molecule has 1 aliphatic heterocycles. The number of benzene rings is 1. The van der Waals surface area contributed by atoms with Crippen molar-refractivity contribution in [3.63, 3.8) is 0 Å². The average molecular weight is 338 g/mol. The van der Waals surface area contributed by atoms with E-state index in [-0.39, 0.29) is 42.8 Å². The highest BCUT2D eigenvalue weighted by atomic mass is 35.5. The second-order valence-corrected chi connectivity index (χ2v) is 5.07. The zero-order valence-electron chi connectivity index (χ0n) is 10.4. The van der Waals surface area contributed by atoms with Gasteiger partial charge in [-0.25, -0.2) is 4.98 Å². The van der Waals surface area contributed by atoms with Gasteiger partial charge < -0.3 is 20.5 Å². The van der Waals surface area contributed by atoms with Crippen LogP contribution in [0.15, 0.2) is 12.1 Å². The fourth-order valence-electron chi connectivity index (χ4n) is 1.74. The molecule has 0 fully saturated rings. The highest BCUT2D eigenvalue weighted by Crippen LogP contribution is 2.44. The van der Waals surface area contributed by atoms with E-state index in [1.807, 2.05) is 0 Å². The zero-order chi connectivity index (χ0) is 14.3. The number of anilines is 1. The van der Waals surface area contributed by atoms with Gasteiger partial charge in [0.15, 0.2) is 16.6 Å². The fraction of sp³-hybridized carbons (Fsp3) is 0.273. The Morgan fingerprint density at radius 2 is 2.05 bits per heavy atom. The molecule has 0 atom stereocenters. The Hall–Kier alpha value is -1.71. The molecule has 0 radical (unpaired) electrons. The third-order valence-corrected chi connectivity index (χ3v) is 3.46. The van der Waals surface area contributed by atoms with Gasteiger partial charge in [-0.2, -0.15) is 0 Å². The van der Waals surface area contributed by atoms with Gasteiger partial charge in [-0.3, -0.25) is 4.79 Å². The maximum absolute atomic E-state index is 12.9. The van der Waals surface area contributed by atoms with Crippen LogP contribution in [0.2, 0.25) is 0 Å². The number of carbonyl (C=O) groups is 1. The molecule has 1 amide bonds. The number of aromatic nitrogens is 1. The first-order valence-electron chi connectivity index (χ1n) is 5.67. The summed E-state index contributed by atoms with van der Waals surface area (Å²) in [5.74, 6) is -0.378. The Balaban J connectivity index is 0.00000161. The number of nitrogens with zero attached hydrogens (tertiary/aromatic N) is 1. The van der Waals surface area contributed by atoms with Crippen molar-refractivity contribution in [1.82, 2.24) is 4.98 Å². The normalized spacial score (nSPS) is 14.8. The highest BCUT2D eigenvalue weighted by Gasteiger charge is 2.43. The van der Waals surface area contributed by atoms with E-state index in [9.17, 15) is 13.6 Å². The first-order chi connectivity index (χ1) is 9.47. The Labute approximate surface area is 127 Å². The molecule has 21 heavy (non-hydrogen) atoms. The minimum Gasteiger partial charge on any atom is -0.395 e. The molecule has 3 N–H and O–H groups in total. The number of alkyl halides is 2. The zero-order valence-corrected chi connectivity index (χ0v) is 12.0. The first kappa shape index (κ1) is 15.7. The summed E-state index contributed by atoms with van der Waals surface area (Å²) >= 11 is 1.15. The number of rotatable bonds is 3. The Morgan fingerprint density at radius 3 is 2.71 bits per heavy atom. The summed E-state index contributed by atoms with van der Waals surface area (Å²) in [4.78, 5) is 15.5. The summed E-state index contributed by atoms with van der Waals surface area (Å²) in [7, 11) is 0. The van der Waals surface area contributed by atoms with Crippen LogP contribution in [0, 0.1) is 0 Å². The molecule has 2 aromatic rings. The molecule has 1 aromatic heterocycles. The van der Waals surface area contributed by atoms with Gasteiger partial charge in [0.2, 0.25) is 5.91 Å². The first-order valence-corrected chi connectivity index (χ1v) is 6.49. The minimum absolute atomic E-state index is 0. The molecule has 0 aliphatic carbocycles. The molecule has 0 saturated carbocycles. The van der Waals surface area contributed by atoms with Crippen LogP contribution in [0.1, 0.15) is 6.42 Å². The lowest BCUT2D eigenvalue weighted by Crippen LogP contribution is -2.25. The van der Waals surface area contributed by atoms with E-state index in [0.717, 1.165) is 11.3 Å². The number of amides is 1. The molecule has 1 aromatic carbocycles. The Kier molecular flexibility index (Phi) is 4.17. The van der Waals surface area contributed by atoms with E-state index in [1.165, 1.54) is 12.1 Å². The maximum atomic E-state index is 12.9. The largest absolute Gasteiger partial charge is 0.586 e. The second-order valence-electron chi connectivity index (χ2n) is 4.04. The van der Waals surface area contributed by atoms with Gasteiger partial charge in [0.05, 0.1) is 10.2 Å². The van der Waals surface area contributed by atoms with Crippen molar-refractivity contribution in [2.45, 2.75) is 12.7 Å². The maximum Gasteiger partial charge on any atom is 0.586 e. The van der Waals surface area contributed by atoms with Crippen molar-refractivity contribution < 1.29 is 23.0 Å². The standard InChI is InChI=1S/C11H9F2N3O3S.ClH/c12-11(13)18-6-3-5-8(4-7(6)19-11)20-10(15-5)16-9(17)1-2-14;/h3-4H,1-2,14H2,(H,15,16,17);1H. The van der Waals surface area contributed by atoms with Gasteiger partial charge in [0.25, 0.3) is 0 Å². The van der Waals surface area contributed by atoms with Gasteiger partial charge in [0.1, 0.15) is 0 Å². The molecular weight excluding hydrogens is 328 g/mol. The van der Waals surface area contributed by atoms with Crippen molar-refractivity contribution in [3.8, 4) is 11.5 Å². The fourth-order valence-corrected chi connectivity index (χ4v) is 2.63. The molecule has 3 rings (SSSR count). The van der Waals surface area contributed by atoms with Crippen LogP contribution in [-0.4, -0.2) is 23.7 Å².